The minimum Gasteiger partial charge on any atom is -0.355 e. The second-order valence-electron chi connectivity index (χ2n) is 5.94. The highest BCUT2D eigenvalue weighted by molar-refractivity contribution is 7.99. The van der Waals surface area contributed by atoms with Crippen molar-refractivity contribution in [3.8, 4) is 0 Å². The Morgan fingerprint density at radius 1 is 1.45 bits per heavy atom. The van der Waals surface area contributed by atoms with Crippen LogP contribution in [0.5, 0.6) is 0 Å². The van der Waals surface area contributed by atoms with Crippen LogP contribution in [0.25, 0.3) is 0 Å². The molecule has 0 saturated carbocycles. The van der Waals surface area contributed by atoms with Gasteiger partial charge in [0.2, 0.25) is 5.91 Å². The molecular formula is C16H24N2OS. The lowest BCUT2D eigenvalue weighted by atomic mass is 10.0. The van der Waals surface area contributed by atoms with Gasteiger partial charge < -0.3 is 5.32 Å². The van der Waals surface area contributed by atoms with Gasteiger partial charge in [0.15, 0.2) is 0 Å². The van der Waals surface area contributed by atoms with Crippen molar-refractivity contribution >= 4 is 17.7 Å². The summed E-state index contributed by atoms with van der Waals surface area (Å²) in [5.74, 6) is 2.29. The molecule has 1 N–H and O–H groups in total. The van der Waals surface area contributed by atoms with Crippen LogP contribution in [0, 0.1) is 5.92 Å². The van der Waals surface area contributed by atoms with Crippen LogP contribution in [-0.4, -0.2) is 43.2 Å². The lowest BCUT2D eigenvalue weighted by Crippen LogP contribution is -2.38. The minimum absolute atomic E-state index is 0.125. The maximum Gasteiger partial charge on any atom is 0.234 e. The quantitative estimate of drug-likeness (QED) is 0.874. The molecule has 1 aliphatic heterocycles. The van der Waals surface area contributed by atoms with Gasteiger partial charge in [-0.3, -0.25) is 9.69 Å². The maximum atomic E-state index is 11.8. The van der Waals surface area contributed by atoms with Gasteiger partial charge in [0.05, 0.1) is 6.54 Å². The lowest BCUT2D eigenvalue weighted by Gasteiger charge is -2.21. The van der Waals surface area contributed by atoms with Crippen LogP contribution in [0.2, 0.25) is 0 Å². The van der Waals surface area contributed by atoms with Gasteiger partial charge in [-0.15, -0.1) is 11.8 Å². The van der Waals surface area contributed by atoms with E-state index >= 15 is 0 Å². The average Bonchev–Trinajstić information content (AvgIpc) is 2.80. The maximum absolute atomic E-state index is 11.8. The van der Waals surface area contributed by atoms with E-state index in [0.717, 1.165) is 18.8 Å². The van der Waals surface area contributed by atoms with Crippen LogP contribution >= 0.6 is 11.8 Å². The van der Waals surface area contributed by atoms with Crippen LogP contribution in [-0.2, 0) is 4.79 Å². The van der Waals surface area contributed by atoms with Crippen molar-refractivity contribution in [1.29, 1.82) is 0 Å². The second kappa shape index (κ2) is 7.14. The lowest BCUT2D eigenvalue weighted by molar-refractivity contribution is -0.122. The highest BCUT2D eigenvalue weighted by Gasteiger charge is 2.24. The van der Waals surface area contributed by atoms with E-state index in [2.05, 4.69) is 48.3 Å². The molecule has 0 spiro atoms. The molecule has 1 unspecified atom stereocenters. The topological polar surface area (TPSA) is 32.3 Å². The molecule has 1 amide bonds. The SMILES string of the molecule is CC(C)CNC(=O)CN(C)CC1CSc2ccccc21. The van der Waals surface area contributed by atoms with Gasteiger partial charge >= 0.3 is 0 Å². The zero-order valence-electron chi connectivity index (χ0n) is 12.6. The molecule has 0 aromatic heterocycles. The normalized spacial score (nSPS) is 17.6. The van der Waals surface area contributed by atoms with Gasteiger partial charge in [0, 0.05) is 29.7 Å². The fourth-order valence-corrected chi connectivity index (χ4v) is 3.68. The molecule has 3 nitrogen and oxygen atoms in total. The number of fused-ring (bicyclic) bond motifs is 1. The molecule has 1 heterocycles. The van der Waals surface area contributed by atoms with E-state index in [4.69, 9.17) is 0 Å². The second-order valence-corrected chi connectivity index (χ2v) is 7.00. The number of hydrogen-bond acceptors (Lipinski definition) is 3. The summed E-state index contributed by atoms with van der Waals surface area (Å²) in [6, 6.07) is 8.60. The number of carbonyl (C=O) groups excluding carboxylic acids is 1. The third kappa shape index (κ3) is 4.25. The molecule has 0 aliphatic carbocycles. The Kier molecular flexibility index (Phi) is 5.49. The van der Waals surface area contributed by atoms with Crippen molar-refractivity contribution in [3.63, 3.8) is 0 Å². The third-order valence-corrected chi connectivity index (χ3v) is 4.70. The number of nitrogens with one attached hydrogen (secondary N) is 1. The smallest absolute Gasteiger partial charge is 0.234 e. The van der Waals surface area contributed by atoms with Crippen molar-refractivity contribution in [1.82, 2.24) is 10.2 Å². The zero-order valence-corrected chi connectivity index (χ0v) is 13.4. The molecule has 4 heteroatoms. The first-order valence-electron chi connectivity index (χ1n) is 7.23. The summed E-state index contributed by atoms with van der Waals surface area (Å²) >= 11 is 1.92. The molecule has 20 heavy (non-hydrogen) atoms. The molecule has 1 aromatic rings. The molecular weight excluding hydrogens is 268 g/mol. The fourth-order valence-electron chi connectivity index (χ4n) is 2.44. The van der Waals surface area contributed by atoms with Crippen LogP contribution in [0.4, 0.5) is 0 Å². The summed E-state index contributed by atoms with van der Waals surface area (Å²) < 4.78 is 0. The first-order valence-corrected chi connectivity index (χ1v) is 8.21. The van der Waals surface area contributed by atoms with Gasteiger partial charge in [-0.05, 0) is 24.6 Å². The summed E-state index contributed by atoms with van der Waals surface area (Å²) in [4.78, 5) is 15.3. The number of nitrogens with zero attached hydrogens (tertiary/aromatic N) is 1. The predicted molar refractivity (Wildman–Crippen MR) is 85.3 cm³/mol. The highest BCUT2D eigenvalue weighted by atomic mass is 32.2. The van der Waals surface area contributed by atoms with Gasteiger partial charge in [-0.2, -0.15) is 0 Å². The van der Waals surface area contributed by atoms with Crippen molar-refractivity contribution in [3.05, 3.63) is 29.8 Å². The number of thioether (sulfide) groups is 1. The summed E-state index contributed by atoms with van der Waals surface area (Å²) in [5, 5.41) is 2.97. The zero-order chi connectivity index (χ0) is 14.5. The van der Waals surface area contributed by atoms with E-state index in [1.807, 2.05) is 18.8 Å². The van der Waals surface area contributed by atoms with E-state index in [1.165, 1.54) is 10.5 Å². The summed E-state index contributed by atoms with van der Waals surface area (Å²) in [7, 11) is 2.03. The Hall–Kier alpha value is -1.00. The predicted octanol–water partition coefficient (Wildman–Crippen LogP) is 2.58. The Labute approximate surface area is 126 Å². The molecule has 0 bridgehead atoms. The molecule has 1 aromatic carbocycles. The number of carbonyl (C=O) groups is 1. The van der Waals surface area contributed by atoms with Gasteiger partial charge in [0.25, 0.3) is 0 Å². The molecule has 0 fully saturated rings. The minimum atomic E-state index is 0.125. The van der Waals surface area contributed by atoms with E-state index < -0.39 is 0 Å². The highest BCUT2D eigenvalue weighted by Crippen LogP contribution is 2.39. The summed E-state index contributed by atoms with van der Waals surface area (Å²) in [5.41, 5.74) is 1.44. The Balaban J connectivity index is 1.81. The van der Waals surface area contributed by atoms with E-state index in [0.29, 0.717) is 18.4 Å². The van der Waals surface area contributed by atoms with Gasteiger partial charge in [-0.1, -0.05) is 32.0 Å². The first kappa shape index (κ1) is 15.4. The van der Waals surface area contributed by atoms with E-state index in [-0.39, 0.29) is 5.91 Å². The average molecular weight is 292 g/mol. The Morgan fingerprint density at radius 3 is 2.95 bits per heavy atom. The number of rotatable bonds is 6. The molecule has 2 rings (SSSR count). The first-order chi connectivity index (χ1) is 9.56. The number of hydrogen-bond donors (Lipinski definition) is 1. The molecule has 1 aliphatic rings. The number of likely N-dealkylation sites (N-methyl/N-ethyl adjacent to an activating group) is 1. The standard InChI is InChI=1S/C16H24N2OS/c1-12(2)8-17-16(19)10-18(3)9-13-11-20-15-7-5-4-6-14(13)15/h4-7,12-13H,8-11H2,1-3H3,(H,17,19). The fraction of sp³-hybridized carbons (Fsp3) is 0.562. The number of benzene rings is 1. The van der Waals surface area contributed by atoms with Crippen molar-refractivity contribution in [2.75, 3.05) is 32.4 Å². The molecule has 1 atom stereocenters. The van der Waals surface area contributed by atoms with Crippen molar-refractivity contribution < 1.29 is 4.79 Å². The van der Waals surface area contributed by atoms with Gasteiger partial charge in [-0.25, -0.2) is 0 Å². The van der Waals surface area contributed by atoms with Crippen molar-refractivity contribution in [2.24, 2.45) is 5.92 Å². The third-order valence-electron chi connectivity index (χ3n) is 3.45. The largest absolute Gasteiger partial charge is 0.355 e. The Bertz CT molecular complexity index is 462. The summed E-state index contributed by atoms with van der Waals surface area (Å²) in [6.45, 7) is 6.40. The van der Waals surface area contributed by atoms with Crippen LogP contribution in [0.15, 0.2) is 29.2 Å². The summed E-state index contributed by atoms with van der Waals surface area (Å²) in [6.07, 6.45) is 0. The van der Waals surface area contributed by atoms with E-state index in [9.17, 15) is 4.79 Å². The molecule has 110 valence electrons. The van der Waals surface area contributed by atoms with Crippen molar-refractivity contribution in [2.45, 2.75) is 24.7 Å². The van der Waals surface area contributed by atoms with Crippen LogP contribution < -0.4 is 5.32 Å². The van der Waals surface area contributed by atoms with Crippen LogP contribution in [0.3, 0.4) is 0 Å². The van der Waals surface area contributed by atoms with Crippen LogP contribution in [0.1, 0.15) is 25.3 Å². The van der Waals surface area contributed by atoms with E-state index in [1.54, 1.807) is 0 Å². The number of amides is 1. The monoisotopic (exact) mass is 292 g/mol. The Morgan fingerprint density at radius 2 is 2.20 bits per heavy atom. The molecule has 0 saturated heterocycles. The molecule has 0 radical (unpaired) electrons. The van der Waals surface area contributed by atoms with Gasteiger partial charge in [0.1, 0.15) is 0 Å².